The van der Waals surface area contributed by atoms with Crippen molar-refractivity contribution < 1.29 is 42.7 Å². The summed E-state index contributed by atoms with van der Waals surface area (Å²) in [5.74, 6) is 0.768. The number of nitrogens with two attached hydrogens (primary N) is 1. The summed E-state index contributed by atoms with van der Waals surface area (Å²) in [6.07, 6.45) is -0.467. The monoisotopic (exact) mass is 550 g/mol. The van der Waals surface area contributed by atoms with Gasteiger partial charge in [0.05, 0.1) is 79.3 Å². The first-order valence-electron chi connectivity index (χ1n) is 13.1. The molecule has 39 heavy (non-hydrogen) atoms. The quantitative estimate of drug-likeness (QED) is 0.149. The van der Waals surface area contributed by atoms with Crippen LogP contribution < -0.4 is 15.8 Å². The summed E-state index contributed by atoms with van der Waals surface area (Å²) < 4.78 is 43.3. The molecule has 0 aliphatic carbocycles. The van der Waals surface area contributed by atoms with E-state index < -0.39 is 6.09 Å². The smallest absolute Gasteiger partial charge is 0.407 e. The lowest BCUT2D eigenvalue weighted by molar-refractivity contribution is -0.0176. The van der Waals surface area contributed by atoms with Gasteiger partial charge >= 0.3 is 6.09 Å². The molecule has 0 spiro atoms. The van der Waals surface area contributed by atoms with E-state index in [4.69, 9.17) is 43.6 Å². The molecule has 0 bridgehead atoms. The lowest BCUT2D eigenvalue weighted by atomic mass is 10.2. The summed E-state index contributed by atoms with van der Waals surface area (Å²) in [5, 5.41) is 2.64. The molecule has 218 valence electrons. The van der Waals surface area contributed by atoms with Gasteiger partial charge in [-0.1, -0.05) is 30.3 Å². The zero-order valence-electron chi connectivity index (χ0n) is 22.6. The summed E-state index contributed by atoms with van der Waals surface area (Å²) in [7, 11) is 0. The highest BCUT2D eigenvalue weighted by Crippen LogP contribution is 2.12. The van der Waals surface area contributed by atoms with Crippen LogP contribution in [0, 0.1) is 0 Å². The van der Waals surface area contributed by atoms with Crippen molar-refractivity contribution in [1.29, 1.82) is 0 Å². The molecule has 0 atom stereocenters. The van der Waals surface area contributed by atoms with Crippen molar-refractivity contribution in [3.05, 3.63) is 60.2 Å². The van der Waals surface area contributed by atoms with Crippen molar-refractivity contribution in [1.82, 2.24) is 5.32 Å². The molecule has 0 aromatic heterocycles. The molecule has 0 fully saturated rings. The van der Waals surface area contributed by atoms with Crippen LogP contribution in [-0.2, 0) is 39.8 Å². The highest BCUT2D eigenvalue weighted by molar-refractivity contribution is 5.67. The molecule has 11 nitrogen and oxygen atoms in total. The van der Waals surface area contributed by atoms with Gasteiger partial charge in [-0.3, -0.25) is 0 Å². The van der Waals surface area contributed by atoms with Crippen molar-refractivity contribution in [3.8, 4) is 5.75 Å². The molecule has 0 aliphatic heterocycles. The van der Waals surface area contributed by atoms with Crippen molar-refractivity contribution in [2.45, 2.75) is 6.61 Å². The second-order valence-electron chi connectivity index (χ2n) is 8.08. The number of anilines is 1. The van der Waals surface area contributed by atoms with Gasteiger partial charge in [0, 0.05) is 12.2 Å². The number of alkyl carbamates (subject to hydrolysis) is 1. The van der Waals surface area contributed by atoms with Crippen LogP contribution in [0.15, 0.2) is 54.6 Å². The van der Waals surface area contributed by atoms with Crippen molar-refractivity contribution in [2.75, 3.05) is 98.2 Å². The van der Waals surface area contributed by atoms with Crippen LogP contribution in [0.3, 0.4) is 0 Å². The van der Waals surface area contributed by atoms with Crippen LogP contribution >= 0.6 is 0 Å². The molecule has 1 amide bonds. The maximum Gasteiger partial charge on any atom is 0.407 e. The first kappa shape index (κ1) is 32.3. The van der Waals surface area contributed by atoms with Gasteiger partial charge in [-0.25, -0.2) is 4.79 Å². The lowest BCUT2D eigenvalue weighted by Gasteiger charge is -2.09. The molecule has 0 heterocycles. The second-order valence-corrected chi connectivity index (χ2v) is 8.08. The van der Waals surface area contributed by atoms with E-state index in [1.54, 1.807) is 12.1 Å². The van der Waals surface area contributed by atoms with Gasteiger partial charge in [-0.2, -0.15) is 0 Å². The third kappa shape index (κ3) is 18.9. The minimum absolute atomic E-state index is 0.241. The fourth-order valence-corrected chi connectivity index (χ4v) is 2.98. The molecule has 0 unspecified atom stereocenters. The molecule has 11 heteroatoms. The van der Waals surface area contributed by atoms with Gasteiger partial charge in [0.1, 0.15) is 19.0 Å². The first-order chi connectivity index (χ1) is 19.2. The van der Waals surface area contributed by atoms with E-state index in [1.807, 2.05) is 42.5 Å². The van der Waals surface area contributed by atoms with Gasteiger partial charge in [0.2, 0.25) is 0 Å². The third-order valence-corrected chi connectivity index (χ3v) is 4.97. The Hall–Kier alpha value is -2.93. The molecule has 2 aromatic carbocycles. The second kappa shape index (κ2) is 23.0. The van der Waals surface area contributed by atoms with Gasteiger partial charge in [0.15, 0.2) is 0 Å². The average Bonchev–Trinajstić information content (AvgIpc) is 2.96. The number of nitrogen functional groups attached to an aromatic ring is 1. The topological polar surface area (TPSA) is 129 Å². The Morgan fingerprint density at radius 1 is 0.590 bits per heavy atom. The number of carbonyl (C=O) groups excluding carboxylic acids is 1. The molecule has 0 radical (unpaired) electrons. The standard InChI is InChI=1S/C28H42N2O9/c29-26-6-8-27(9-7-26)38-23-22-37-21-20-36-19-18-35-17-16-34-15-14-33-13-12-32-11-10-30-28(31)39-24-25-4-2-1-3-5-25/h1-9H,10-24,29H2,(H,30,31). The van der Waals surface area contributed by atoms with E-state index >= 15 is 0 Å². The van der Waals surface area contributed by atoms with Crippen LogP contribution in [0.2, 0.25) is 0 Å². The molecule has 0 saturated carbocycles. The predicted octanol–water partition coefficient (Wildman–Crippen LogP) is 2.67. The minimum Gasteiger partial charge on any atom is -0.491 e. The van der Waals surface area contributed by atoms with Crippen LogP contribution in [0.25, 0.3) is 0 Å². The normalized spacial score (nSPS) is 10.9. The fourth-order valence-electron chi connectivity index (χ4n) is 2.98. The SMILES string of the molecule is Nc1ccc(OCCOCCOCCOCCOCCOCCOCCNC(=O)OCc2ccccc2)cc1. The molecule has 3 N–H and O–H groups in total. The summed E-state index contributed by atoms with van der Waals surface area (Å²) in [6.45, 7) is 6.78. The number of ether oxygens (including phenoxy) is 8. The summed E-state index contributed by atoms with van der Waals surface area (Å²) in [6, 6.07) is 16.8. The Labute approximate surface area is 230 Å². The number of carbonyl (C=O) groups is 1. The van der Waals surface area contributed by atoms with E-state index in [9.17, 15) is 4.79 Å². The van der Waals surface area contributed by atoms with Crippen molar-refractivity contribution in [3.63, 3.8) is 0 Å². The number of nitrogens with one attached hydrogen (secondary N) is 1. The molecule has 0 aliphatic rings. The van der Waals surface area contributed by atoms with Crippen molar-refractivity contribution >= 4 is 11.8 Å². The van der Waals surface area contributed by atoms with Crippen LogP contribution in [0.4, 0.5) is 10.5 Å². The zero-order valence-corrected chi connectivity index (χ0v) is 22.6. The van der Waals surface area contributed by atoms with Gasteiger partial charge in [-0.15, -0.1) is 0 Å². The Morgan fingerprint density at radius 2 is 1.05 bits per heavy atom. The van der Waals surface area contributed by atoms with E-state index in [1.165, 1.54) is 0 Å². The third-order valence-electron chi connectivity index (χ3n) is 4.97. The Kier molecular flexibility index (Phi) is 19.0. The Bertz CT molecular complexity index is 841. The number of rotatable bonds is 24. The van der Waals surface area contributed by atoms with Crippen LogP contribution in [-0.4, -0.2) is 98.5 Å². The Morgan fingerprint density at radius 3 is 1.56 bits per heavy atom. The molecular formula is C28H42N2O9. The average molecular weight is 551 g/mol. The minimum atomic E-state index is -0.467. The van der Waals surface area contributed by atoms with E-state index in [2.05, 4.69) is 5.32 Å². The summed E-state index contributed by atoms with van der Waals surface area (Å²) >= 11 is 0. The van der Waals surface area contributed by atoms with E-state index in [0.29, 0.717) is 98.1 Å². The number of benzene rings is 2. The molecule has 2 rings (SSSR count). The highest BCUT2D eigenvalue weighted by Gasteiger charge is 2.02. The summed E-state index contributed by atoms with van der Waals surface area (Å²) in [4.78, 5) is 11.6. The van der Waals surface area contributed by atoms with E-state index in [0.717, 1.165) is 11.3 Å². The van der Waals surface area contributed by atoms with Gasteiger partial charge in [0.25, 0.3) is 0 Å². The van der Waals surface area contributed by atoms with Crippen LogP contribution in [0.1, 0.15) is 5.56 Å². The molecule has 2 aromatic rings. The first-order valence-corrected chi connectivity index (χ1v) is 13.1. The van der Waals surface area contributed by atoms with Gasteiger partial charge in [-0.05, 0) is 29.8 Å². The maximum atomic E-state index is 11.6. The fraction of sp³-hybridized carbons (Fsp3) is 0.536. The maximum absolute atomic E-state index is 11.6. The van der Waals surface area contributed by atoms with Crippen molar-refractivity contribution in [2.24, 2.45) is 0 Å². The highest BCUT2D eigenvalue weighted by atomic mass is 16.6. The molecular weight excluding hydrogens is 508 g/mol. The number of hydrogen-bond acceptors (Lipinski definition) is 10. The zero-order chi connectivity index (χ0) is 27.6. The Balaban J connectivity index is 1.20. The van der Waals surface area contributed by atoms with E-state index in [-0.39, 0.29) is 6.61 Å². The largest absolute Gasteiger partial charge is 0.491 e. The van der Waals surface area contributed by atoms with Gasteiger partial charge < -0.3 is 48.9 Å². The molecule has 0 saturated heterocycles. The predicted molar refractivity (Wildman–Crippen MR) is 146 cm³/mol. The number of amides is 1. The summed E-state index contributed by atoms with van der Waals surface area (Å²) in [5.41, 5.74) is 7.28. The number of hydrogen-bond donors (Lipinski definition) is 2. The lowest BCUT2D eigenvalue weighted by Crippen LogP contribution is -2.28. The van der Waals surface area contributed by atoms with Crippen LogP contribution in [0.5, 0.6) is 5.75 Å².